The molecule has 1 aromatic carbocycles. The molecule has 1 aliphatic heterocycles. The second kappa shape index (κ2) is 4.90. The minimum Gasteiger partial charge on any atom is -0.399 e. The monoisotopic (exact) mass is 245 g/mol. The molecule has 0 bridgehead atoms. The molecule has 0 radical (unpaired) electrons. The molecule has 0 spiro atoms. The zero-order valence-electron chi connectivity index (χ0n) is 11.2. The molecule has 0 aromatic heterocycles. The topological polar surface area (TPSA) is 32.5 Å². The highest BCUT2D eigenvalue weighted by atomic mass is 15.3. The van der Waals surface area contributed by atoms with Gasteiger partial charge in [-0.2, -0.15) is 0 Å². The molecule has 1 unspecified atom stereocenters. The fourth-order valence-corrected chi connectivity index (χ4v) is 3.32. The Kier molecular flexibility index (Phi) is 3.27. The van der Waals surface area contributed by atoms with E-state index < -0.39 is 0 Å². The number of rotatable bonds is 1. The molecule has 1 aliphatic carbocycles. The second-order valence-electron chi connectivity index (χ2n) is 5.71. The first-order valence-corrected chi connectivity index (χ1v) is 7.05. The van der Waals surface area contributed by atoms with Crippen LogP contribution in [-0.4, -0.2) is 43.0 Å². The number of nitrogens with zero attached hydrogens (tertiary/aromatic N) is 2. The van der Waals surface area contributed by atoms with Gasteiger partial charge in [-0.15, -0.1) is 0 Å². The van der Waals surface area contributed by atoms with Crippen molar-refractivity contribution in [2.24, 2.45) is 0 Å². The predicted octanol–water partition coefficient (Wildman–Crippen LogP) is 1.89. The molecule has 0 amide bonds. The highest BCUT2D eigenvalue weighted by molar-refractivity contribution is 5.46. The van der Waals surface area contributed by atoms with Gasteiger partial charge in [0.25, 0.3) is 0 Å². The number of anilines is 1. The van der Waals surface area contributed by atoms with Crippen LogP contribution in [0.1, 0.15) is 30.0 Å². The van der Waals surface area contributed by atoms with E-state index in [-0.39, 0.29) is 0 Å². The van der Waals surface area contributed by atoms with E-state index >= 15 is 0 Å². The predicted molar refractivity (Wildman–Crippen MR) is 75.6 cm³/mol. The normalized spacial score (nSPS) is 25.9. The number of hydrogen-bond acceptors (Lipinski definition) is 3. The lowest BCUT2D eigenvalue weighted by Crippen LogP contribution is -2.46. The van der Waals surface area contributed by atoms with Crippen LogP contribution in [0.5, 0.6) is 0 Å². The molecule has 3 rings (SSSR count). The van der Waals surface area contributed by atoms with Gasteiger partial charge in [0.1, 0.15) is 0 Å². The van der Waals surface area contributed by atoms with Crippen molar-refractivity contribution in [3.05, 3.63) is 29.3 Å². The summed E-state index contributed by atoms with van der Waals surface area (Å²) >= 11 is 0. The number of nitrogens with two attached hydrogens (primary N) is 1. The molecular weight excluding hydrogens is 222 g/mol. The number of aryl methyl sites for hydroxylation is 1. The Bertz CT molecular complexity index is 422. The minimum atomic E-state index is 0.628. The largest absolute Gasteiger partial charge is 0.399 e. The van der Waals surface area contributed by atoms with Crippen LogP contribution in [0.25, 0.3) is 0 Å². The van der Waals surface area contributed by atoms with Crippen LogP contribution in [-0.2, 0) is 6.42 Å². The summed E-state index contributed by atoms with van der Waals surface area (Å²) in [6.07, 6.45) is 3.80. The molecule has 2 N–H and O–H groups in total. The Morgan fingerprint density at radius 2 is 1.94 bits per heavy atom. The van der Waals surface area contributed by atoms with Crippen LogP contribution in [0.3, 0.4) is 0 Å². The standard InChI is InChI=1S/C15H23N3/c1-17-7-9-18(10-8-17)15-4-2-3-12-11-13(16)5-6-14(12)15/h5-6,11,15H,2-4,7-10,16H2,1H3. The molecule has 3 nitrogen and oxygen atoms in total. The summed E-state index contributed by atoms with van der Waals surface area (Å²) in [5.74, 6) is 0. The maximum atomic E-state index is 5.90. The molecule has 2 aliphatic rings. The van der Waals surface area contributed by atoms with Crippen molar-refractivity contribution in [3.8, 4) is 0 Å². The molecule has 1 saturated heterocycles. The minimum absolute atomic E-state index is 0.628. The first kappa shape index (κ1) is 12.0. The highest BCUT2D eigenvalue weighted by Gasteiger charge is 2.27. The number of likely N-dealkylation sites (N-methyl/N-ethyl adjacent to an activating group) is 1. The lowest BCUT2D eigenvalue weighted by molar-refractivity contribution is 0.102. The fourth-order valence-electron chi connectivity index (χ4n) is 3.32. The van der Waals surface area contributed by atoms with Crippen LogP contribution >= 0.6 is 0 Å². The van der Waals surface area contributed by atoms with Crippen molar-refractivity contribution in [2.75, 3.05) is 39.0 Å². The van der Waals surface area contributed by atoms with Crippen LogP contribution in [0.15, 0.2) is 18.2 Å². The SMILES string of the molecule is CN1CCN(C2CCCc3cc(N)ccc32)CC1. The Morgan fingerprint density at radius 3 is 2.72 bits per heavy atom. The summed E-state index contributed by atoms with van der Waals surface area (Å²) in [4.78, 5) is 5.08. The maximum absolute atomic E-state index is 5.90. The van der Waals surface area contributed by atoms with Crippen molar-refractivity contribution >= 4 is 5.69 Å². The van der Waals surface area contributed by atoms with Gasteiger partial charge in [-0.1, -0.05) is 6.07 Å². The van der Waals surface area contributed by atoms with Crippen LogP contribution in [0.4, 0.5) is 5.69 Å². The molecular formula is C15H23N3. The smallest absolute Gasteiger partial charge is 0.0352 e. The average Bonchev–Trinajstić information content (AvgIpc) is 2.38. The van der Waals surface area contributed by atoms with Crippen molar-refractivity contribution in [3.63, 3.8) is 0 Å². The van der Waals surface area contributed by atoms with Crippen molar-refractivity contribution in [2.45, 2.75) is 25.3 Å². The van der Waals surface area contributed by atoms with Crippen LogP contribution in [0.2, 0.25) is 0 Å². The van der Waals surface area contributed by atoms with Crippen molar-refractivity contribution < 1.29 is 0 Å². The second-order valence-corrected chi connectivity index (χ2v) is 5.71. The van der Waals surface area contributed by atoms with Gasteiger partial charge >= 0.3 is 0 Å². The Morgan fingerprint density at radius 1 is 1.17 bits per heavy atom. The molecule has 3 heteroatoms. The Labute approximate surface area is 110 Å². The van der Waals surface area contributed by atoms with Crippen molar-refractivity contribution in [1.29, 1.82) is 0 Å². The molecule has 98 valence electrons. The first-order chi connectivity index (χ1) is 8.74. The van der Waals surface area contributed by atoms with E-state index in [0.29, 0.717) is 6.04 Å². The number of fused-ring (bicyclic) bond motifs is 1. The summed E-state index contributed by atoms with van der Waals surface area (Å²) in [6, 6.07) is 7.13. The Balaban J connectivity index is 1.82. The van der Waals surface area contributed by atoms with Gasteiger partial charge in [0.2, 0.25) is 0 Å². The lowest BCUT2D eigenvalue weighted by atomic mass is 9.86. The number of benzene rings is 1. The average molecular weight is 245 g/mol. The van der Waals surface area contributed by atoms with E-state index in [0.717, 1.165) is 5.69 Å². The fraction of sp³-hybridized carbons (Fsp3) is 0.600. The molecule has 1 heterocycles. The first-order valence-electron chi connectivity index (χ1n) is 7.05. The molecule has 18 heavy (non-hydrogen) atoms. The third kappa shape index (κ3) is 2.25. The third-order valence-corrected chi connectivity index (χ3v) is 4.43. The van der Waals surface area contributed by atoms with Gasteiger partial charge in [0.05, 0.1) is 0 Å². The van der Waals surface area contributed by atoms with Crippen LogP contribution in [0, 0.1) is 0 Å². The quantitative estimate of drug-likeness (QED) is 0.767. The van der Waals surface area contributed by atoms with E-state index in [4.69, 9.17) is 5.73 Å². The highest BCUT2D eigenvalue weighted by Crippen LogP contribution is 2.35. The molecule has 1 fully saturated rings. The lowest BCUT2D eigenvalue weighted by Gasteiger charge is -2.40. The van der Waals surface area contributed by atoms with E-state index in [1.807, 2.05) is 0 Å². The summed E-state index contributed by atoms with van der Waals surface area (Å²) in [7, 11) is 2.22. The van der Waals surface area contributed by atoms with E-state index in [1.165, 1.54) is 56.6 Å². The van der Waals surface area contributed by atoms with Gasteiger partial charge in [0, 0.05) is 37.9 Å². The van der Waals surface area contributed by atoms with Gasteiger partial charge in [-0.05, 0) is 49.6 Å². The van der Waals surface area contributed by atoms with Gasteiger partial charge in [-0.3, -0.25) is 4.90 Å². The summed E-state index contributed by atoms with van der Waals surface area (Å²) in [5, 5.41) is 0. The van der Waals surface area contributed by atoms with E-state index in [1.54, 1.807) is 0 Å². The summed E-state index contributed by atoms with van der Waals surface area (Å²) < 4.78 is 0. The summed E-state index contributed by atoms with van der Waals surface area (Å²) in [6.45, 7) is 4.79. The summed E-state index contributed by atoms with van der Waals surface area (Å²) in [5.41, 5.74) is 9.82. The van der Waals surface area contributed by atoms with E-state index in [9.17, 15) is 0 Å². The number of piperazine rings is 1. The number of nitrogen functional groups attached to an aromatic ring is 1. The molecule has 1 atom stereocenters. The zero-order valence-corrected chi connectivity index (χ0v) is 11.2. The molecule has 1 aromatic rings. The zero-order chi connectivity index (χ0) is 12.5. The molecule has 0 saturated carbocycles. The van der Waals surface area contributed by atoms with E-state index in [2.05, 4.69) is 35.0 Å². The number of hydrogen-bond donors (Lipinski definition) is 1. The van der Waals surface area contributed by atoms with Crippen LogP contribution < -0.4 is 5.73 Å². The van der Waals surface area contributed by atoms with Gasteiger partial charge < -0.3 is 10.6 Å². The van der Waals surface area contributed by atoms with Gasteiger partial charge in [0.15, 0.2) is 0 Å². The third-order valence-electron chi connectivity index (χ3n) is 4.43. The van der Waals surface area contributed by atoms with Crippen molar-refractivity contribution in [1.82, 2.24) is 9.80 Å². The Hall–Kier alpha value is -1.06. The van der Waals surface area contributed by atoms with Gasteiger partial charge in [-0.25, -0.2) is 0 Å². The maximum Gasteiger partial charge on any atom is 0.0352 e.